The van der Waals surface area contributed by atoms with Crippen LogP contribution in [-0.2, 0) is 4.79 Å². The van der Waals surface area contributed by atoms with Gasteiger partial charge in [-0.05, 0) is 54.8 Å². The van der Waals surface area contributed by atoms with Gasteiger partial charge in [0.25, 0.3) is 0 Å². The molecule has 132 valence electrons. The number of pyridine rings is 1. The molecule has 0 unspecified atom stereocenters. The molecule has 3 aromatic rings. The first-order valence-electron chi connectivity index (χ1n) is 9.10. The first-order valence-corrected chi connectivity index (χ1v) is 9.10. The molecule has 1 aliphatic rings. The summed E-state index contributed by atoms with van der Waals surface area (Å²) in [5.74, 6) is -0.0569. The molecule has 0 saturated heterocycles. The van der Waals surface area contributed by atoms with Gasteiger partial charge in [0.2, 0.25) is 0 Å². The largest absolute Gasteiger partial charge is 0.377 e. The Hall–Kier alpha value is -2.75. The molecule has 2 atom stereocenters. The third kappa shape index (κ3) is 3.45. The normalized spacial score (nSPS) is 18.7. The zero-order chi connectivity index (χ0) is 17.9. The van der Waals surface area contributed by atoms with E-state index in [9.17, 15) is 9.18 Å². The van der Waals surface area contributed by atoms with E-state index in [0.717, 1.165) is 41.4 Å². The predicted octanol–water partition coefficient (Wildman–Crippen LogP) is 5.29. The predicted molar refractivity (Wildman–Crippen MR) is 101 cm³/mol. The maximum Gasteiger partial charge on any atom is 0.138 e. The lowest BCUT2D eigenvalue weighted by atomic mass is 9.80. The van der Waals surface area contributed by atoms with Gasteiger partial charge in [0.05, 0.1) is 11.6 Å². The van der Waals surface area contributed by atoms with Crippen molar-refractivity contribution in [3.05, 3.63) is 72.2 Å². The highest BCUT2D eigenvalue weighted by molar-refractivity contribution is 5.84. The number of halogens is 1. The van der Waals surface area contributed by atoms with Crippen LogP contribution < -0.4 is 5.32 Å². The zero-order valence-corrected chi connectivity index (χ0v) is 14.5. The van der Waals surface area contributed by atoms with E-state index in [1.165, 1.54) is 12.1 Å². The van der Waals surface area contributed by atoms with Crippen molar-refractivity contribution in [1.82, 2.24) is 4.98 Å². The number of rotatable bonds is 4. The number of hydrogen-bond donors (Lipinski definition) is 1. The van der Waals surface area contributed by atoms with Gasteiger partial charge < -0.3 is 5.32 Å². The number of nitrogens with one attached hydrogen (secondary N) is 1. The van der Waals surface area contributed by atoms with Crippen LogP contribution in [0.15, 0.2) is 60.8 Å². The molecular formula is C22H21FN2O. The number of hydrogen-bond acceptors (Lipinski definition) is 3. The van der Waals surface area contributed by atoms with E-state index in [0.29, 0.717) is 12.2 Å². The molecule has 0 spiro atoms. The van der Waals surface area contributed by atoms with Crippen molar-refractivity contribution in [3.63, 3.8) is 0 Å². The summed E-state index contributed by atoms with van der Waals surface area (Å²) >= 11 is 0. The number of carbonyl (C=O) groups is 1. The lowest BCUT2D eigenvalue weighted by Crippen LogP contribution is -2.30. The van der Waals surface area contributed by atoms with Crippen LogP contribution in [0.3, 0.4) is 0 Å². The molecule has 3 nitrogen and oxygen atoms in total. The van der Waals surface area contributed by atoms with Crippen molar-refractivity contribution in [2.24, 2.45) is 5.92 Å². The molecule has 26 heavy (non-hydrogen) atoms. The summed E-state index contributed by atoms with van der Waals surface area (Å²) in [6.07, 6.45) is 5.29. The number of carbonyl (C=O) groups excluding carboxylic acids is 1. The van der Waals surface area contributed by atoms with Gasteiger partial charge >= 0.3 is 0 Å². The van der Waals surface area contributed by atoms with Crippen LogP contribution in [0.2, 0.25) is 0 Å². The molecule has 2 aromatic carbocycles. The molecule has 0 bridgehead atoms. The Morgan fingerprint density at radius 3 is 2.73 bits per heavy atom. The summed E-state index contributed by atoms with van der Waals surface area (Å²) in [7, 11) is 0. The number of ketones is 1. The number of aromatic nitrogens is 1. The van der Waals surface area contributed by atoms with Gasteiger partial charge in [0, 0.05) is 29.6 Å². The number of nitrogens with zero attached hydrogens (tertiary/aromatic N) is 1. The molecule has 1 saturated carbocycles. The lowest BCUT2D eigenvalue weighted by Gasteiger charge is -2.31. The fourth-order valence-electron chi connectivity index (χ4n) is 3.79. The maximum absolute atomic E-state index is 13.4. The third-order valence-electron chi connectivity index (χ3n) is 5.16. The Bertz CT molecular complexity index is 923. The minimum absolute atomic E-state index is 0.0844. The summed E-state index contributed by atoms with van der Waals surface area (Å²) in [5, 5.41) is 4.58. The highest BCUT2D eigenvalue weighted by Gasteiger charge is 2.31. The van der Waals surface area contributed by atoms with Crippen LogP contribution in [0.5, 0.6) is 0 Å². The highest BCUT2D eigenvalue weighted by Crippen LogP contribution is 2.35. The van der Waals surface area contributed by atoms with Gasteiger partial charge in [0.1, 0.15) is 11.6 Å². The average Bonchev–Trinajstić information content (AvgIpc) is 2.67. The minimum atomic E-state index is -0.265. The Kier molecular flexibility index (Phi) is 4.65. The third-order valence-corrected chi connectivity index (χ3v) is 5.16. The van der Waals surface area contributed by atoms with E-state index in [4.69, 9.17) is 0 Å². The van der Waals surface area contributed by atoms with Crippen LogP contribution in [0.1, 0.15) is 37.3 Å². The highest BCUT2D eigenvalue weighted by atomic mass is 19.1. The van der Waals surface area contributed by atoms with E-state index >= 15 is 0 Å². The smallest absolute Gasteiger partial charge is 0.138 e. The molecule has 4 heteroatoms. The second-order valence-corrected chi connectivity index (χ2v) is 6.90. The summed E-state index contributed by atoms with van der Waals surface area (Å²) in [6, 6.07) is 16.3. The van der Waals surface area contributed by atoms with E-state index in [1.807, 2.05) is 30.3 Å². The fraction of sp³-hybridized carbons (Fsp3) is 0.273. The molecule has 1 heterocycles. The molecule has 4 rings (SSSR count). The maximum atomic E-state index is 13.4. The molecule has 0 radical (unpaired) electrons. The number of anilines is 1. The van der Waals surface area contributed by atoms with Crippen molar-refractivity contribution < 1.29 is 9.18 Å². The van der Waals surface area contributed by atoms with Gasteiger partial charge in [-0.3, -0.25) is 9.78 Å². The number of Topliss-reactive ketones (excluding diaryl/α,β-unsaturated/α-hetero) is 1. The van der Waals surface area contributed by atoms with Crippen molar-refractivity contribution in [1.29, 1.82) is 0 Å². The molecular weight excluding hydrogens is 327 g/mol. The Balaban J connectivity index is 1.69. The van der Waals surface area contributed by atoms with Crippen molar-refractivity contribution >= 4 is 22.4 Å². The van der Waals surface area contributed by atoms with Gasteiger partial charge in [-0.1, -0.05) is 24.6 Å². The van der Waals surface area contributed by atoms with Gasteiger partial charge in [-0.15, -0.1) is 0 Å². The molecule has 0 amide bonds. The first kappa shape index (κ1) is 16.7. The van der Waals surface area contributed by atoms with E-state index in [-0.39, 0.29) is 17.8 Å². The van der Waals surface area contributed by atoms with Crippen molar-refractivity contribution in [2.45, 2.75) is 31.7 Å². The fourth-order valence-corrected chi connectivity index (χ4v) is 3.79. The SMILES string of the molecule is O=C1CCCC[C@@H]1[C@H](Nc1ccc2ncccc2c1)c1ccc(F)cc1. The van der Waals surface area contributed by atoms with Gasteiger partial charge in [0.15, 0.2) is 0 Å². The van der Waals surface area contributed by atoms with Crippen LogP contribution in [-0.4, -0.2) is 10.8 Å². The molecule has 1 aliphatic carbocycles. The molecule has 1 fully saturated rings. The number of fused-ring (bicyclic) bond motifs is 1. The minimum Gasteiger partial charge on any atom is -0.377 e. The zero-order valence-electron chi connectivity index (χ0n) is 14.5. The van der Waals surface area contributed by atoms with E-state index in [1.54, 1.807) is 18.3 Å². The summed E-state index contributed by atoms with van der Waals surface area (Å²) < 4.78 is 13.4. The second-order valence-electron chi connectivity index (χ2n) is 6.90. The average molecular weight is 348 g/mol. The van der Waals surface area contributed by atoms with Crippen molar-refractivity contribution in [3.8, 4) is 0 Å². The molecule has 1 N–H and O–H groups in total. The summed E-state index contributed by atoms with van der Waals surface area (Å²) in [4.78, 5) is 16.9. The number of benzene rings is 2. The monoisotopic (exact) mass is 348 g/mol. The van der Waals surface area contributed by atoms with Gasteiger partial charge in [-0.25, -0.2) is 4.39 Å². The van der Waals surface area contributed by atoms with Crippen molar-refractivity contribution in [2.75, 3.05) is 5.32 Å². The van der Waals surface area contributed by atoms with Gasteiger partial charge in [-0.2, -0.15) is 0 Å². The topological polar surface area (TPSA) is 42.0 Å². The van der Waals surface area contributed by atoms with E-state index < -0.39 is 0 Å². The van der Waals surface area contributed by atoms with Crippen LogP contribution in [0.4, 0.5) is 10.1 Å². The van der Waals surface area contributed by atoms with E-state index in [2.05, 4.69) is 10.3 Å². The second kappa shape index (κ2) is 7.24. The Morgan fingerprint density at radius 2 is 1.92 bits per heavy atom. The summed E-state index contributed by atoms with van der Waals surface area (Å²) in [5.41, 5.74) is 2.82. The van der Waals surface area contributed by atoms with Crippen LogP contribution in [0, 0.1) is 11.7 Å². The molecule has 1 aromatic heterocycles. The first-order chi connectivity index (χ1) is 12.7. The quantitative estimate of drug-likeness (QED) is 0.697. The van der Waals surface area contributed by atoms with Crippen LogP contribution in [0.25, 0.3) is 10.9 Å². The van der Waals surface area contributed by atoms with Crippen LogP contribution >= 0.6 is 0 Å². The standard InChI is InChI=1S/C22H21FN2O/c23-17-9-7-15(8-10-17)22(19-5-1-2-6-21(19)26)25-18-11-12-20-16(14-18)4-3-13-24-20/h3-4,7-14,19,22,25H,1-2,5-6H2/t19-,22+/m0/s1. The summed E-state index contributed by atoms with van der Waals surface area (Å²) in [6.45, 7) is 0. The lowest BCUT2D eigenvalue weighted by molar-refractivity contribution is -0.125. The Labute approximate surface area is 152 Å². The molecule has 0 aliphatic heterocycles. The Morgan fingerprint density at radius 1 is 1.08 bits per heavy atom.